The van der Waals surface area contributed by atoms with Crippen LogP contribution in [0.25, 0.3) is 10.9 Å². The lowest BCUT2D eigenvalue weighted by Gasteiger charge is -2.32. The van der Waals surface area contributed by atoms with E-state index in [1.54, 1.807) is 0 Å². The molecular formula is C16H19BN2O2. The number of rotatable bonds is 1. The van der Waals surface area contributed by atoms with E-state index in [2.05, 4.69) is 6.07 Å². The highest BCUT2D eigenvalue weighted by Crippen LogP contribution is 2.37. The standard InChI is InChI=1S/C16H19BN2O2/c1-15(2)16(3,4)21-17(20-15)13-8-11(10-18)9-14-12(13)6-7-19(14)5/h6-9H,1-5H3. The maximum atomic E-state index is 9.26. The predicted molar refractivity (Wildman–Crippen MR) is 83.4 cm³/mol. The van der Waals surface area contributed by atoms with Crippen molar-refractivity contribution < 1.29 is 9.31 Å². The van der Waals surface area contributed by atoms with Crippen molar-refractivity contribution in [2.24, 2.45) is 7.05 Å². The number of benzene rings is 1. The minimum atomic E-state index is -0.451. The second kappa shape index (κ2) is 4.36. The van der Waals surface area contributed by atoms with Gasteiger partial charge in [0.1, 0.15) is 0 Å². The Balaban J connectivity index is 2.16. The summed E-state index contributed by atoms with van der Waals surface area (Å²) in [6.45, 7) is 8.12. The van der Waals surface area contributed by atoms with Gasteiger partial charge in [-0.3, -0.25) is 0 Å². The van der Waals surface area contributed by atoms with Crippen LogP contribution in [0, 0.1) is 11.3 Å². The third-order valence-corrected chi connectivity index (χ3v) is 4.67. The van der Waals surface area contributed by atoms with Gasteiger partial charge >= 0.3 is 7.12 Å². The van der Waals surface area contributed by atoms with Gasteiger partial charge in [0.25, 0.3) is 0 Å². The van der Waals surface area contributed by atoms with Crippen LogP contribution in [0.4, 0.5) is 0 Å². The Morgan fingerprint density at radius 2 is 1.76 bits per heavy atom. The fourth-order valence-corrected chi connectivity index (χ4v) is 2.63. The van der Waals surface area contributed by atoms with Crippen LogP contribution in [-0.4, -0.2) is 22.9 Å². The first-order valence-electron chi connectivity index (χ1n) is 7.10. The van der Waals surface area contributed by atoms with Crippen molar-refractivity contribution in [3.05, 3.63) is 30.0 Å². The molecule has 1 aromatic heterocycles. The fraction of sp³-hybridized carbons (Fsp3) is 0.438. The molecule has 0 aliphatic carbocycles. The van der Waals surface area contributed by atoms with Crippen molar-refractivity contribution in [3.63, 3.8) is 0 Å². The molecule has 108 valence electrons. The second-order valence-corrected chi connectivity index (χ2v) is 6.62. The SMILES string of the molecule is Cn1ccc2c(B3OC(C)(C)C(C)(C)O3)cc(C#N)cc21. The summed E-state index contributed by atoms with van der Waals surface area (Å²) in [5.41, 5.74) is 1.78. The average Bonchev–Trinajstić information content (AvgIpc) is 2.87. The van der Waals surface area contributed by atoms with Gasteiger partial charge in [-0.05, 0) is 56.7 Å². The van der Waals surface area contributed by atoms with E-state index in [1.807, 2.05) is 63.7 Å². The number of hydrogen-bond acceptors (Lipinski definition) is 3. The summed E-state index contributed by atoms with van der Waals surface area (Å²) in [4.78, 5) is 0. The molecular weight excluding hydrogens is 263 g/mol. The Bertz CT molecular complexity index is 739. The Kier molecular flexibility index (Phi) is 2.95. The zero-order valence-corrected chi connectivity index (χ0v) is 13.1. The quantitative estimate of drug-likeness (QED) is 0.754. The monoisotopic (exact) mass is 282 g/mol. The Labute approximate surface area is 125 Å². The molecule has 1 aromatic carbocycles. The van der Waals surface area contributed by atoms with Crippen LogP contribution in [0.1, 0.15) is 33.3 Å². The molecule has 4 nitrogen and oxygen atoms in total. The van der Waals surface area contributed by atoms with Gasteiger partial charge in [-0.2, -0.15) is 5.26 Å². The van der Waals surface area contributed by atoms with Gasteiger partial charge in [-0.1, -0.05) is 0 Å². The topological polar surface area (TPSA) is 47.2 Å². The molecule has 0 atom stereocenters. The summed E-state index contributed by atoms with van der Waals surface area (Å²) in [5.74, 6) is 0. The Morgan fingerprint density at radius 1 is 1.14 bits per heavy atom. The van der Waals surface area contributed by atoms with Crippen LogP contribution < -0.4 is 5.46 Å². The van der Waals surface area contributed by atoms with Crippen LogP contribution in [0.3, 0.4) is 0 Å². The lowest BCUT2D eigenvalue weighted by molar-refractivity contribution is 0.00578. The van der Waals surface area contributed by atoms with Crippen LogP contribution in [-0.2, 0) is 16.4 Å². The van der Waals surface area contributed by atoms with Gasteiger partial charge in [-0.15, -0.1) is 0 Å². The largest absolute Gasteiger partial charge is 0.495 e. The van der Waals surface area contributed by atoms with E-state index in [0.717, 1.165) is 16.4 Å². The van der Waals surface area contributed by atoms with E-state index in [-0.39, 0.29) is 11.2 Å². The third-order valence-electron chi connectivity index (χ3n) is 4.67. The molecule has 0 saturated carbocycles. The molecule has 2 aromatic rings. The first-order chi connectivity index (χ1) is 9.75. The summed E-state index contributed by atoms with van der Waals surface area (Å²) >= 11 is 0. The molecule has 2 heterocycles. The highest BCUT2D eigenvalue weighted by Gasteiger charge is 2.52. The number of aryl methyl sites for hydroxylation is 1. The van der Waals surface area contributed by atoms with Gasteiger partial charge in [0.15, 0.2) is 0 Å². The Morgan fingerprint density at radius 3 is 2.33 bits per heavy atom. The molecule has 1 aliphatic rings. The van der Waals surface area contributed by atoms with Crippen LogP contribution in [0.15, 0.2) is 24.4 Å². The lowest BCUT2D eigenvalue weighted by Crippen LogP contribution is -2.41. The molecule has 1 aliphatic heterocycles. The molecule has 0 N–H and O–H groups in total. The van der Waals surface area contributed by atoms with E-state index < -0.39 is 7.12 Å². The molecule has 1 saturated heterocycles. The van der Waals surface area contributed by atoms with Crippen molar-refractivity contribution in [3.8, 4) is 6.07 Å². The van der Waals surface area contributed by atoms with Crippen LogP contribution >= 0.6 is 0 Å². The Hall–Kier alpha value is -1.77. The molecule has 0 bridgehead atoms. The molecule has 3 rings (SSSR count). The van der Waals surface area contributed by atoms with Gasteiger partial charge in [0, 0.05) is 18.8 Å². The van der Waals surface area contributed by atoms with E-state index in [0.29, 0.717) is 5.56 Å². The smallest absolute Gasteiger partial charge is 0.399 e. The second-order valence-electron chi connectivity index (χ2n) is 6.62. The van der Waals surface area contributed by atoms with Gasteiger partial charge < -0.3 is 13.9 Å². The number of fused-ring (bicyclic) bond motifs is 1. The van der Waals surface area contributed by atoms with Gasteiger partial charge in [0.2, 0.25) is 0 Å². The zero-order valence-electron chi connectivity index (χ0n) is 13.1. The number of nitrogens with zero attached hydrogens (tertiary/aromatic N) is 2. The van der Waals surface area contributed by atoms with E-state index in [4.69, 9.17) is 9.31 Å². The van der Waals surface area contributed by atoms with E-state index >= 15 is 0 Å². The van der Waals surface area contributed by atoms with E-state index in [1.165, 1.54) is 0 Å². The predicted octanol–water partition coefficient (Wildman–Crippen LogP) is 2.35. The van der Waals surface area contributed by atoms with E-state index in [9.17, 15) is 5.26 Å². The van der Waals surface area contributed by atoms with Crippen molar-refractivity contribution >= 4 is 23.5 Å². The first kappa shape index (κ1) is 14.2. The fourth-order valence-electron chi connectivity index (χ4n) is 2.63. The molecule has 1 fully saturated rings. The molecule has 0 amide bonds. The minimum Gasteiger partial charge on any atom is -0.399 e. The summed E-state index contributed by atoms with van der Waals surface area (Å²) in [7, 11) is 1.52. The average molecular weight is 282 g/mol. The molecule has 21 heavy (non-hydrogen) atoms. The summed E-state index contributed by atoms with van der Waals surface area (Å²) in [6, 6.07) is 8.01. The number of aromatic nitrogens is 1. The highest BCUT2D eigenvalue weighted by molar-refractivity contribution is 6.65. The molecule has 5 heteroatoms. The van der Waals surface area contributed by atoms with Crippen molar-refractivity contribution in [1.82, 2.24) is 4.57 Å². The van der Waals surface area contributed by atoms with Crippen molar-refractivity contribution in [2.75, 3.05) is 0 Å². The first-order valence-corrected chi connectivity index (χ1v) is 7.10. The third kappa shape index (κ3) is 2.07. The summed E-state index contributed by atoms with van der Waals surface area (Å²) in [5, 5.41) is 10.3. The normalized spacial score (nSPS) is 19.9. The lowest BCUT2D eigenvalue weighted by atomic mass is 9.76. The maximum absolute atomic E-state index is 9.26. The summed E-state index contributed by atoms with van der Waals surface area (Å²) in [6.07, 6.45) is 1.99. The van der Waals surface area contributed by atoms with Gasteiger partial charge in [0.05, 0.1) is 22.8 Å². The number of hydrogen-bond donors (Lipinski definition) is 0. The minimum absolute atomic E-state index is 0.387. The van der Waals surface area contributed by atoms with Gasteiger partial charge in [-0.25, -0.2) is 0 Å². The maximum Gasteiger partial charge on any atom is 0.495 e. The molecule has 0 spiro atoms. The molecule has 0 unspecified atom stereocenters. The summed E-state index contributed by atoms with van der Waals surface area (Å²) < 4.78 is 14.3. The van der Waals surface area contributed by atoms with Crippen LogP contribution in [0.2, 0.25) is 0 Å². The number of nitriles is 1. The molecule has 0 radical (unpaired) electrons. The zero-order chi connectivity index (χ0) is 15.4. The highest BCUT2D eigenvalue weighted by atomic mass is 16.7. The van der Waals surface area contributed by atoms with Crippen LogP contribution in [0.5, 0.6) is 0 Å². The van der Waals surface area contributed by atoms with Crippen molar-refractivity contribution in [1.29, 1.82) is 5.26 Å². The van der Waals surface area contributed by atoms with Crippen molar-refractivity contribution in [2.45, 2.75) is 38.9 Å².